The zero-order valence-corrected chi connectivity index (χ0v) is 15.8. The summed E-state index contributed by atoms with van der Waals surface area (Å²) in [6, 6.07) is 11.8. The highest BCUT2D eigenvalue weighted by Gasteiger charge is 2.12. The van der Waals surface area contributed by atoms with Crippen LogP contribution in [0.15, 0.2) is 36.4 Å². The van der Waals surface area contributed by atoms with Crippen LogP contribution in [0.25, 0.3) is 0 Å². The van der Waals surface area contributed by atoms with E-state index in [4.69, 9.17) is 31.5 Å². The van der Waals surface area contributed by atoms with E-state index in [-0.39, 0.29) is 0 Å². The highest BCUT2D eigenvalue weighted by Crippen LogP contribution is 2.36. The fraction of sp³-hybridized carbons (Fsp3) is 0.400. The molecule has 0 aliphatic carbocycles. The molecular formula is C20H26ClNO3. The van der Waals surface area contributed by atoms with Crippen molar-refractivity contribution in [3.05, 3.63) is 52.5 Å². The van der Waals surface area contributed by atoms with Gasteiger partial charge in [0.05, 0.1) is 12.1 Å². The summed E-state index contributed by atoms with van der Waals surface area (Å²) in [4.78, 5) is 0. The van der Waals surface area contributed by atoms with Crippen LogP contribution in [0.2, 0.25) is 5.02 Å². The predicted octanol–water partition coefficient (Wildman–Crippen LogP) is 4.43. The maximum Gasteiger partial charge on any atom is 0.179 e. The molecule has 0 spiro atoms. The van der Waals surface area contributed by atoms with Crippen LogP contribution in [0.4, 0.5) is 0 Å². The lowest BCUT2D eigenvalue weighted by Gasteiger charge is -2.16. The average molecular weight is 364 g/mol. The summed E-state index contributed by atoms with van der Waals surface area (Å²) < 4.78 is 17.1. The second-order valence-electron chi connectivity index (χ2n) is 6.04. The van der Waals surface area contributed by atoms with Crippen LogP contribution >= 0.6 is 11.6 Å². The summed E-state index contributed by atoms with van der Waals surface area (Å²) in [7, 11) is 1.60. The van der Waals surface area contributed by atoms with Gasteiger partial charge in [0.15, 0.2) is 11.5 Å². The minimum Gasteiger partial charge on any atom is -0.493 e. The molecule has 0 aliphatic rings. The van der Waals surface area contributed by atoms with E-state index in [1.54, 1.807) is 7.11 Å². The summed E-state index contributed by atoms with van der Waals surface area (Å²) >= 11 is 6.33. The standard InChI is InChI=1S/C20H26ClNO3/c1-14(2)16-6-4-5-7-18(16)24-10-11-25-20-17(21)12-15(8-9-22)13-19(20)23-3/h4-7,12-14H,8-11,22H2,1-3H3. The minimum absolute atomic E-state index is 0.374. The van der Waals surface area contributed by atoms with Gasteiger partial charge in [-0.1, -0.05) is 43.6 Å². The van der Waals surface area contributed by atoms with E-state index in [0.717, 1.165) is 17.7 Å². The van der Waals surface area contributed by atoms with Gasteiger partial charge in [0.1, 0.15) is 19.0 Å². The second-order valence-corrected chi connectivity index (χ2v) is 6.44. The molecule has 0 amide bonds. The van der Waals surface area contributed by atoms with Crippen molar-refractivity contribution in [3.63, 3.8) is 0 Å². The topological polar surface area (TPSA) is 53.7 Å². The van der Waals surface area contributed by atoms with Gasteiger partial charge in [-0.15, -0.1) is 0 Å². The first-order chi connectivity index (χ1) is 12.1. The Hall–Kier alpha value is -1.91. The molecule has 2 aromatic carbocycles. The van der Waals surface area contributed by atoms with Crippen LogP contribution in [0, 0.1) is 0 Å². The van der Waals surface area contributed by atoms with Gasteiger partial charge in [-0.2, -0.15) is 0 Å². The van der Waals surface area contributed by atoms with Crippen molar-refractivity contribution in [2.75, 3.05) is 26.9 Å². The molecule has 0 aliphatic heterocycles. The fourth-order valence-corrected chi connectivity index (χ4v) is 2.90. The van der Waals surface area contributed by atoms with Crippen LogP contribution < -0.4 is 19.9 Å². The zero-order chi connectivity index (χ0) is 18.2. The molecule has 0 heterocycles. The molecule has 136 valence electrons. The smallest absolute Gasteiger partial charge is 0.179 e. The molecule has 5 heteroatoms. The number of ether oxygens (including phenoxy) is 3. The second kappa shape index (κ2) is 9.54. The Balaban J connectivity index is 1.98. The molecule has 0 saturated carbocycles. The number of hydrogen-bond donors (Lipinski definition) is 1. The van der Waals surface area contributed by atoms with E-state index in [1.165, 1.54) is 5.56 Å². The molecule has 0 fully saturated rings. The molecule has 0 bridgehead atoms. The Morgan fingerprint density at radius 3 is 2.44 bits per heavy atom. The Labute approximate surface area is 154 Å². The van der Waals surface area contributed by atoms with Crippen molar-refractivity contribution in [1.29, 1.82) is 0 Å². The van der Waals surface area contributed by atoms with Gasteiger partial charge in [0.25, 0.3) is 0 Å². The Morgan fingerprint density at radius 2 is 1.76 bits per heavy atom. The van der Waals surface area contributed by atoms with Crippen molar-refractivity contribution >= 4 is 11.6 Å². The third kappa shape index (κ3) is 5.28. The quantitative estimate of drug-likeness (QED) is 0.669. The molecule has 2 rings (SSSR count). The maximum absolute atomic E-state index is 6.33. The number of nitrogens with two attached hydrogens (primary N) is 1. The highest BCUT2D eigenvalue weighted by atomic mass is 35.5. The van der Waals surface area contributed by atoms with Gasteiger partial charge in [-0.05, 0) is 48.2 Å². The predicted molar refractivity (Wildman–Crippen MR) is 102 cm³/mol. The van der Waals surface area contributed by atoms with Gasteiger partial charge in [0.2, 0.25) is 0 Å². The summed E-state index contributed by atoms with van der Waals surface area (Å²) in [5.41, 5.74) is 7.81. The first-order valence-electron chi connectivity index (χ1n) is 8.47. The molecular weight excluding hydrogens is 338 g/mol. The maximum atomic E-state index is 6.33. The summed E-state index contributed by atoms with van der Waals surface area (Å²) in [5.74, 6) is 2.43. The lowest BCUT2D eigenvalue weighted by Crippen LogP contribution is -2.11. The zero-order valence-electron chi connectivity index (χ0n) is 15.0. The summed E-state index contributed by atoms with van der Waals surface area (Å²) in [6.07, 6.45) is 0.742. The molecule has 2 aromatic rings. The Kier molecular flexibility index (Phi) is 7.41. The van der Waals surface area contributed by atoms with E-state index >= 15 is 0 Å². The normalized spacial score (nSPS) is 10.8. The van der Waals surface area contributed by atoms with E-state index in [9.17, 15) is 0 Å². The van der Waals surface area contributed by atoms with Crippen LogP contribution in [-0.2, 0) is 6.42 Å². The minimum atomic E-state index is 0.374. The summed E-state index contributed by atoms with van der Waals surface area (Å²) in [6.45, 7) is 5.65. The van der Waals surface area contributed by atoms with Crippen molar-refractivity contribution < 1.29 is 14.2 Å². The van der Waals surface area contributed by atoms with Gasteiger partial charge in [-0.3, -0.25) is 0 Å². The Bertz CT molecular complexity index is 689. The SMILES string of the molecule is COc1cc(CCN)cc(Cl)c1OCCOc1ccccc1C(C)C. The molecule has 0 aromatic heterocycles. The van der Waals surface area contributed by atoms with E-state index in [2.05, 4.69) is 19.9 Å². The largest absolute Gasteiger partial charge is 0.493 e. The van der Waals surface area contributed by atoms with Gasteiger partial charge >= 0.3 is 0 Å². The van der Waals surface area contributed by atoms with Gasteiger partial charge in [0, 0.05) is 0 Å². The van der Waals surface area contributed by atoms with Crippen LogP contribution in [0.1, 0.15) is 30.9 Å². The van der Waals surface area contributed by atoms with Crippen molar-refractivity contribution in [3.8, 4) is 17.2 Å². The highest BCUT2D eigenvalue weighted by molar-refractivity contribution is 6.32. The summed E-state index contributed by atoms with van der Waals surface area (Å²) in [5, 5.41) is 0.519. The fourth-order valence-electron chi connectivity index (χ4n) is 2.61. The number of hydrogen-bond acceptors (Lipinski definition) is 4. The van der Waals surface area contributed by atoms with Gasteiger partial charge in [-0.25, -0.2) is 0 Å². The molecule has 2 N–H and O–H groups in total. The third-order valence-corrected chi connectivity index (χ3v) is 4.13. The first kappa shape index (κ1) is 19.4. The molecule has 0 unspecified atom stereocenters. The molecule has 0 radical (unpaired) electrons. The van der Waals surface area contributed by atoms with Crippen LogP contribution in [0.5, 0.6) is 17.2 Å². The average Bonchev–Trinajstić information content (AvgIpc) is 2.60. The van der Waals surface area contributed by atoms with E-state index in [0.29, 0.717) is 42.2 Å². The number of para-hydroxylation sites is 1. The third-order valence-electron chi connectivity index (χ3n) is 3.85. The van der Waals surface area contributed by atoms with Crippen molar-refractivity contribution in [2.45, 2.75) is 26.2 Å². The molecule has 4 nitrogen and oxygen atoms in total. The van der Waals surface area contributed by atoms with E-state index in [1.807, 2.05) is 30.3 Å². The Morgan fingerprint density at radius 1 is 1.04 bits per heavy atom. The molecule has 0 saturated heterocycles. The van der Waals surface area contributed by atoms with Crippen molar-refractivity contribution in [1.82, 2.24) is 0 Å². The number of benzene rings is 2. The lowest BCUT2D eigenvalue weighted by atomic mass is 10.0. The van der Waals surface area contributed by atoms with Gasteiger partial charge < -0.3 is 19.9 Å². The van der Waals surface area contributed by atoms with Crippen molar-refractivity contribution in [2.24, 2.45) is 5.73 Å². The van der Waals surface area contributed by atoms with Crippen LogP contribution in [0.3, 0.4) is 0 Å². The first-order valence-corrected chi connectivity index (χ1v) is 8.85. The number of methoxy groups -OCH3 is 1. The lowest BCUT2D eigenvalue weighted by molar-refractivity contribution is 0.210. The molecule has 0 atom stereocenters. The number of rotatable bonds is 9. The van der Waals surface area contributed by atoms with Crippen LogP contribution in [-0.4, -0.2) is 26.9 Å². The molecule has 25 heavy (non-hydrogen) atoms. The van der Waals surface area contributed by atoms with E-state index < -0.39 is 0 Å². The number of halogens is 1. The monoisotopic (exact) mass is 363 g/mol.